The quantitative estimate of drug-likeness (QED) is 0.0818. The number of fused-ring (bicyclic) bond motifs is 3. The third kappa shape index (κ3) is 16.2. The van der Waals surface area contributed by atoms with Gasteiger partial charge in [0.1, 0.15) is 59.3 Å². The molecule has 7 aromatic carbocycles. The number of aromatic nitrogens is 5. The predicted octanol–water partition coefficient (Wildman–Crippen LogP) is 16.2. The largest absolute Gasteiger partial charge is 0.492 e. The van der Waals surface area contributed by atoms with Gasteiger partial charge in [-0.1, -0.05) is 66.7 Å². The molecule has 10 heterocycles. The minimum Gasteiger partial charge on any atom is -0.492 e. The van der Waals surface area contributed by atoms with Gasteiger partial charge < -0.3 is 67.7 Å². The minimum absolute atomic E-state index is 0.0932. The molecule has 18 rings (SSSR count). The summed E-state index contributed by atoms with van der Waals surface area (Å²) in [5, 5.41) is 32.7. The number of morpholine rings is 2. The van der Waals surface area contributed by atoms with Crippen molar-refractivity contribution in [1.82, 2.24) is 29.8 Å². The molecule has 5 aromatic heterocycles. The van der Waals surface area contributed by atoms with Crippen molar-refractivity contribution < 1.29 is 33.2 Å². The van der Waals surface area contributed by atoms with Crippen LogP contribution in [0.4, 0.5) is 17.3 Å². The topological polar surface area (TPSA) is 222 Å². The molecule has 0 atom stereocenters. The van der Waals surface area contributed by atoms with Crippen molar-refractivity contribution in [2.45, 2.75) is 50.7 Å². The Bertz CT molecular complexity index is 5210. The van der Waals surface area contributed by atoms with E-state index >= 15 is 0 Å². The van der Waals surface area contributed by atoms with Crippen molar-refractivity contribution in [3.05, 3.63) is 205 Å². The molecule has 6 aliphatic rings. The fraction of sp³-hybridized carbons (Fsp3) is 0.307. The molecule has 107 heavy (non-hydrogen) atoms. The van der Waals surface area contributed by atoms with Gasteiger partial charge in [-0.3, -0.25) is 0 Å². The molecule has 0 bridgehead atoms. The molecule has 0 unspecified atom stereocenters. The number of rotatable bonds is 16. The van der Waals surface area contributed by atoms with Gasteiger partial charge in [0.2, 0.25) is 0 Å². The number of ether oxygens (including phenoxy) is 7. The lowest BCUT2D eigenvalue weighted by molar-refractivity contribution is 0.0252. The number of anilines is 3. The lowest BCUT2D eigenvalue weighted by Crippen LogP contribution is -2.44. The number of hydrogen-bond donors (Lipinski definition) is 3. The van der Waals surface area contributed by atoms with Gasteiger partial charge >= 0.3 is 0 Å². The highest BCUT2D eigenvalue weighted by atomic mass is 16.5. The van der Waals surface area contributed by atoms with Crippen LogP contribution in [0, 0.1) is 39.9 Å². The van der Waals surface area contributed by atoms with Crippen molar-refractivity contribution in [3.8, 4) is 103 Å². The van der Waals surface area contributed by atoms with Gasteiger partial charge in [0, 0.05) is 157 Å². The van der Waals surface area contributed by atoms with E-state index in [4.69, 9.17) is 43.1 Å². The zero-order valence-corrected chi connectivity index (χ0v) is 60.3. The number of aromatic amines is 3. The molecule has 6 fully saturated rings. The minimum atomic E-state index is 0.0932. The number of hydrogen-bond acceptors (Lipinski definition) is 16. The van der Waals surface area contributed by atoms with Crippen LogP contribution in [0.3, 0.4) is 0 Å². The highest BCUT2D eigenvalue weighted by Crippen LogP contribution is 2.40. The second kappa shape index (κ2) is 32.5. The van der Waals surface area contributed by atoms with Gasteiger partial charge in [0.25, 0.3) is 0 Å². The van der Waals surface area contributed by atoms with Crippen molar-refractivity contribution in [1.29, 1.82) is 15.8 Å². The second-order valence-corrected chi connectivity index (χ2v) is 28.3. The van der Waals surface area contributed by atoms with Crippen LogP contribution in [0.2, 0.25) is 0 Å². The van der Waals surface area contributed by atoms with Crippen molar-refractivity contribution in [3.63, 3.8) is 0 Å². The summed E-state index contributed by atoms with van der Waals surface area (Å²) in [6.07, 6.45) is 9.92. The Morgan fingerprint density at radius 1 is 0.393 bits per heavy atom. The number of nitriles is 3. The SMILES string of the molecule is CN1CCN(c2ccc(-c3cc4c(-c5ccc(OC6CCOCC6)c(C#N)c5)cccc4[nH]3)cn2)CC1.N#Cc1cc(-c2cccc3[nH]c(-c4ccc(N5CCOCC5)cc4)cc23)ccc1OCC1CC1.N#Cc1cc(-c2cccc3[nH]c(-c4ccc(N5CCOCC5)nc4)cc23)ccc1OC1CCOCC1. The van der Waals surface area contributed by atoms with E-state index in [9.17, 15) is 15.8 Å². The number of H-pyrrole nitrogens is 3. The van der Waals surface area contributed by atoms with Gasteiger partial charge in [-0.25, -0.2) is 9.97 Å². The molecule has 12 aromatic rings. The van der Waals surface area contributed by atoms with Crippen LogP contribution in [0.5, 0.6) is 17.2 Å². The lowest BCUT2D eigenvalue weighted by Gasteiger charge is -2.33. The Balaban J connectivity index is 0.000000123. The van der Waals surface area contributed by atoms with E-state index in [0.29, 0.717) is 72.9 Å². The fourth-order valence-electron chi connectivity index (χ4n) is 14.8. The fourth-order valence-corrected chi connectivity index (χ4v) is 14.8. The van der Waals surface area contributed by atoms with Crippen LogP contribution < -0.4 is 28.9 Å². The molecule has 5 aliphatic heterocycles. The summed E-state index contributed by atoms with van der Waals surface area (Å²) in [6.45, 7) is 14.3. The predicted molar refractivity (Wildman–Crippen MR) is 420 cm³/mol. The number of piperazine rings is 1. The molecule has 19 heteroatoms. The van der Waals surface area contributed by atoms with E-state index in [0.717, 1.165) is 216 Å². The van der Waals surface area contributed by atoms with Gasteiger partial charge in [-0.05, 0) is 174 Å². The van der Waals surface area contributed by atoms with Crippen molar-refractivity contribution in [2.75, 3.05) is 134 Å². The zero-order chi connectivity index (χ0) is 72.4. The maximum Gasteiger partial charge on any atom is 0.137 e. The van der Waals surface area contributed by atoms with E-state index in [-0.39, 0.29) is 12.2 Å². The van der Waals surface area contributed by atoms with Crippen molar-refractivity contribution >= 4 is 50.0 Å². The summed E-state index contributed by atoms with van der Waals surface area (Å²) in [7, 11) is 2.16. The number of nitrogens with zero attached hydrogens (tertiary/aromatic N) is 9. The monoisotopic (exact) mass is 1420 g/mol. The molecule has 1 aliphatic carbocycles. The molecule has 0 radical (unpaired) electrons. The summed E-state index contributed by atoms with van der Waals surface area (Å²) in [5.74, 6) is 4.63. The number of nitrogens with one attached hydrogen (secondary N) is 3. The number of benzene rings is 7. The first kappa shape index (κ1) is 69.9. The maximum atomic E-state index is 9.84. The first-order valence-corrected chi connectivity index (χ1v) is 37.5. The summed E-state index contributed by atoms with van der Waals surface area (Å²) in [5.41, 5.74) is 18.7. The van der Waals surface area contributed by atoms with Crippen LogP contribution in [0.25, 0.3) is 99.9 Å². The summed E-state index contributed by atoms with van der Waals surface area (Å²) in [6, 6.07) is 67.1. The molecule has 540 valence electrons. The lowest BCUT2D eigenvalue weighted by atomic mass is 9.99. The third-order valence-electron chi connectivity index (χ3n) is 21.2. The highest BCUT2D eigenvalue weighted by Gasteiger charge is 2.25. The number of pyridine rings is 2. The van der Waals surface area contributed by atoms with Gasteiger partial charge in [0.05, 0.1) is 76.2 Å². The highest BCUT2D eigenvalue weighted by molar-refractivity contribution is 6.01. The summed E-state index contributed by atoms with van der Waals surface area (Å²) < 4.78 is 40.0. The molecule has 1 saturated carbocycles. The average Bonchev–Trinajstić information content (AvgIpc) is 1.67. The van der Waals surface area contributed by atoms with Crippen LogP contribution in [-0.4, -0.2) is 161 Å². The van der Waals surface area contributed by atoms with Gasteiger partial charge in [-0.2, -0.15) is 15.8 Å². The van der Waals surface area contributed by atoms with Gasteiger partial charge in [0.15, 0.2) is 0 Å². The Morgan fingerprint density at radius 2 is 0.776 bits per heavy atom. The molecule has 5 saturated heterocycles. The van der Waals surface area contributed by atoms with Crippen LogP contribution in [-0.2, 0) is 18.9 Å². The molecular formula is C88H86N12O7. The van der Waals surface area contributed by atoms with E-state index in [2.05, 4.69) is 175 Å². The van der Waals surface area contributed by atoms with E-state index < -0.39 is 0 Å². The Morgan fingerprint density at radius 3 is 1.20 bits per heavy atom. The van der Waals surface area contributed by atoms with E-state index in [1.807, 2.05) is 73.1 Å². The first-order chi connectivity index (χ1) is 52.7. The molecule has 19 nitrogen and oxygen atoms in total. The van der Waals surface area contributed by atoms with Crippen molar-refractivity contribution in [2.24, 2.45) is 5.92 Å². The molecule has 0 amide bonds. The van der Waals surface area contributed by atoms with E-state index in [1.165, 1.54) is 18.5 Å². The van der Waals surface area contributed by atoms with Crippen LogP contribution in [0.1, 0.15) is 55.2 Å². The first-order valence-electron chi connectivity index (χ1n) is 37.5. The van der Waals surface area contributed by atoms with E-state index in [1.54, 1.807) is 0 Å². The molecule has 3 N–H and O–H groups in total. The third-order valence-corrected chi connectivity index (χ3v) is 21.2. The number of likely N-dealkylation sites (N-methyl/N-ethyl adjacent to an activating group) is 1. The smallest absolute Gasteiger partial charge is 0.137 e. The zero-order valence-electron chi connectivity index (χ0n) is 60.3. The Labute approximate surface area is 623 Å². The summed E-state index contributed by atoms with van der Waals surface area (Å²) in [4.78, 5) is 29.4. The van der Waals surface area contributed by atoms with Gasteiger partial charge in [-0.15, -0.1) is 0 Å². The van der Waals surface area contributed by atoms with Crippen LogP contribution >= 0.6 is 0 Å². The average molecular weight is 1420 g/mol. The molecule has 0 spiro atoms. The van der Waals surface area contributed by atoms with Crippen LogP contribution in [0.15, 0.2) is 188 Å². The summed E-state index contributed by atoms with van der Waals surface area (Å²) >= 11 is 0. The Kier molecular flexibility index (Phi) is 21.2. The maximum absolute atomic E-state index is 9.84. The second-order valence-electron chi connectivity index (χ2n) is 28.3. The normalized spacial score (nSPS) is 16.6. The molecular weight excluding hydrogens is 1340 g/mol. The Hall–Kier alpha value is -11.5. The standard InChI is InChI=1S/C30H31N5O2.C29H28N4O3.C29H27N3O2/c1-34-11-13-35(14-12-34)30-8-6-22(20-32-30)28-18-26-25(3-2-4-27(26)33-28)21-5-7-29(23(17-21)19-31)37-24-9-15-36-16-10-24;30-18-22-16-20(4-6-28(22)36-23-8-12-34-13-9-23)24-2-1-3-26-25(24)17-27(32-26)21-5-7-29(31-19-21)33-10-14-35-15-11-33;30-18-23-16-22(8-11-29(23)34-19-20-4-5-20)25-2-1-3-27-26(25)17-28(31-27)21-6-9-24(10-7-21)32-12-14-33-15-13-32/h2-8,17-18,20,24,33H,9-16H2,1H3;1-7,16-17,19,23,32H,8-15H2;1-3,6-11,16-17,20,31H,4-5,12-15,19H2.